The van der Waals surface area contributed by atoms with Crippen molar-refractivity contribution in [2.75, 3.05) is 5.73 Å². The molecule has 0 saturated heterocycles. The van der Waals surface area contributed by atoms with E-state index < -0.39 is 0 Å². The van der Waals surface area contributed by atoms with Crippen molar-refractivity contribution in [3.05, 3.63) is 12.2 Å². The number of nitrogens with zero attached hydrogens (tertiary/aromatic N) is 4. The van der Waals surface area contributed by atoms with Crippen LogP contribution in [0.15, 0.2) is 6.33 Å². The van der Waals surface area contributed by atoms with Crippen LogP contribution in [0.25, 0.3) is 11.2 Å². The maximum absolute atomic E-state index is 5.88. The Hall–Kier alpha value is -1.30. The highest BCUT2D eigenvalue weighted by atomic mass is 32.1. The van der Waals surface area contributed by atoms with Crippen LogP contribution in [0.1, 0.15) is 36.9 Å². The van der Waals surface area contributed by atoms with Crippen LogP contribution in [0, 0.1) is 0 Å². The molecule has 3 rings (SSSR count). The third-order valence-electron chi connectivity index (χ3n) is 2.81. The summed E-state index contributed by atoms with van der Waals surface area (Å²) < 4.78 is 1.91. The molecule has 2 aromatic heterocycles. The fraction of sp³-hybridized carbons (Fsp3) is 0.500. The molecule has 0 aliphatic heterocycles. The van der Waals surface area contributed by atoms with Gasteiger partial charge in [-0.15, -0.1) is 0 Å². The predicted octanol–water partition coefficient (Wildman–Crippen LogP) is 1.73. The van der Waals surface area contributed by atoms with Gasteiger partial charge in [-0.05, 0) is 19.8 Å². The number of nitrogen functional groups attached to an aromatic ring is 1. The lowest BCUT2D eigenvalue weighted by atomic mass is 10.3. The minimum atomic E-state index is 0.0337. The minimum Gasteiger partial charge on any atom is -0.382 e. The largest absolute Gasteiger partial charge is 0.382 e. The summed E-state index contributed by atoms with van der Waals surface area (Å²) in [5.74, 6) is 1.81. The number of hydrogen-bond acceptors (Lipinski definition) is 5. The summed E-state index contributed by atoms with van der Waals surface area (Å²) in [6.45, 7) is 1.97. The Morgan fingerprint density at radius 1 is 1.50 bits per heavy atom. The number of fused-ring (bicyclic) bond motifs is 1. The molecule has 2 N–H and O–H groups in total. The standard InChI is InChI=1S/C10H13N5S/c1-5(16)15-4-12-7-8(11)13-9(6-2-3-6)14-10(7)15/h4-6,16H,2-3H2,1H3,(H2,11,13,14)/t5-/m1/s1. The van der Waals surface area contributed by atoms with Crippen molar-refractivity contribution in [1.82, 2.24) is 19.5 Å². The summed E-state index contributed by atoms with van der Waals surface area (Å²) in [4.78, 5) is 13.1. The van der Waals surface area contributed by atoms with Crippen molar-refractivity contribution >= 4 is 29.6 Å². The second kappa shape index (κ2) is 3.35. The Labute approximate surface area is 98.5 Å². The molecule has 0 aromatic carbocycles. The van der Waals surface area contributed by atoms with Gasteiger partial charge < -0.3 is 10.3 Å². The quantitative estimate of drug-likeness (QED) is 0.778. The van der Waals surface area contributed by atoms with Gasteiger partial charge in [0.25, 0.3) is 0 Å². The minimum absolute atomic E-state index is 0.0337. The van der Waals surface area contributed by atoms with E-state index in [1.165, 1.54) is 0 Å². The first kappa shape index (κ1) is 9.89. The molecule has 0 amide bonds. The molecule has 0 spiro atoms. The molecule has 6 heteroatoms. The van der Waals surface area contributed by atoms with Crippen LogP contribution in [-0.2, 0) is 0 Å². The summed E-state index contributed by atoms with van der Waals surface area (Å²) in [5, 5.41) is 0.0337. The van der Waals surface area contributed by atoms with Gasteiger partial charge in [0, 0.05) is 5.92 Å². The Morgan fingerprint density at radius 3 is 2.88 bits per heavy atom. The molecule has 16 heavy (non-hydrogen) atoms. The second-order valence-corrected chi connectivity index (χ2v) is 4.94. The highest BCUT2D eigenvalue weighted by Crippen LogP contribution is 2.39. The molecule has 5 nitrogen and oxygen atoms in total. The van der Waals surface area contributed by atoms with E-state index in [-0.39, 0.29) is 5.37 Å². The number of thiol groups is 1. The maximum Gasteiger partial charge on any atom is 0.166 e. The highest BCUT2D eigenvalue weighted by molar-refractivity contribution is 7.80. The van der Waals surface area contributed by atoms with Crippen LogP contribution in [0.2, 0.25) is 0 Å². The molecule has 1 aliphatic rings. The van der Waals surface area contributed by atoms with Crippen LogP contribution >= 0.6 is 12.6 Å². The zero-order valence-corrected chi connectivity index (χ0v) is 9.85. The summed E-state index contributed by atoms with van der Waals surface area (Å²) in [7, 11) is 0. The van der Waals surface area contributed by atoms with Crippen molar-refractivity contribution in [2.24, 2.45) is 0 Å². The number of anilines is 1. The van der Waals surface area contributed by atoms with E-state index in [2.05, 4.69) is 27.6 Å². The monoisotopic (exact) mass is 235 g/mol. The molecule has 0 bridgehead atoms. The van der Waals surface area contributed by atoms with Crippen LogP contribution in [0.3, 0.4) is 0 Å². The normalized spacial score (nSPS) is 17.9. The molecule has 1 aliphatic carbocycles. The number of aromatic nitrogens is 4. The molecule has 1 saturated carbocycles. The van der Waals surface area contributed by atoms with Gasteiger partial charge in [0.1, 0.15) is 11.3 Å². The number of imidazole rings is 1. The smallest absolute Gasteiger partial charge is 0.166 e. The van der Waals surface area contributed by atoms with E-state index in [0.717, 1.165) is 24.3 Å². The average molecular weight is 235 g/mol. The lowest BCUT2D eigenvalue weighted by Crippen LogP contribution is -2.03. The van der Waals surface area contributed by atoms with Gasteiger partial charge in [0.2, 0.25) is 0 Å². The second-order valence-electron chi connectivity index (χ2n) is 4.20. The van der Waals surface area contributed by atoms with Gasteiger partial charge in [0.15, 0.2) is 11.5 Å². The van der Waals surface area contributed by atoms with E-state index in [9.17, 15) is 0 Å². The molecule has 1 fully saturated rings. The summed E-state index contributed by atoms with van der Waals surface area (Å²) in [6, 6.07) is 0. The van der Waals surface area contributed by atoms with Gasteiger partial charge in [-0.1, -0.05) is 0 Å². The Balaban J connectivity index is 2.24. The maximum atomic E-state index is 5.88. The van der Waals surface area contributed by atoms with Crippen molar-refractivity contribution in [3.63, 3.8) is 0 Å². The average Bonchev–Trinajstić information content (AvgIpc) is 2.98. The van der Waals surface area contributed by atoms with E-state index in [1.807, 2.05) is 11.5 Å². The molecular weight excluding hydrogens is 222 g/mol. The van der Waals surface area contributed by atoms with Crippen LogP contribution in [-0.4, -0.2) is 19.5 Å². The third-order valence-corrected chi connectivity index (χ3v) is 3.06. The third kappa shape index (κ3) is 1.44. The van der Waals surface area contributed by atoms with Crippen molar-refractivity contribution < 1.29 is 0 Å². The first-order valence-corrected chi connectivity index (χ1v) is 5.86. The molecular formula is C10H13N5S. The molecule has 0 unspecified atom stereocenters. The first-order chi connectivity index (χ1) is 7.66. The van der Waals surface area contributed by atoms with Gasteiger partial charge in [-0.3, -0.25) is 0 Å². The lowest BCUT2D eigenvalue weighted by Gasteiger charge is -2.07. The fourth-order valence-electron chi connectivity index (χ4n) is 1.75. The predicted molar refractivity (Wildman–Crippen MR) is 65.4 cm³/mol. The van der Waals surface area contributed by atoms with Gasteiger partial charge in [0.05, 0.1) is 11.7 Å². The molecule has 2 heterocycles. The highest BCUT2D eigenvalue weighted by Gasteiger charge is 2.28. The van der Waals surface area contributed by atoms with Crippen LogP contribution in [0.5, 0.6) is 0 Å². The fourth-order valence-corrected chi connectivity index (χ4v) is 1.92. The number of hydrogen-bond donors (Lipinski definition) is 2. The summed E-state index contributed by atoms with van der Waals surface area (Å²) in [5.41, 5.74) is 7.34. The molecule has 0 radical (unpaired) electrons. The van der Waals surface area contributed by atoms with Crippen LogP contribution in [0.4, 0.5) is 5.82 Å². The van der Waals surface area contributed by atoms with E-state index >= 15 is 0 Å². The SMILES string of the molecule is C[C@@H](S)n1cnc2c(N)nc(C3CC3)nc21. The number of rotatable bonds is 2. The van der Waals surface area contributed by atoms with Gasteiger partial charge in [-0.25, -0.2) is 15.0 Å². The molecule has 1 atom stereocenters. The Morgan fingerprint density at radius 2 is 2.25 bits per heavy atom. The lowest BCUT2D eigenvalue weighted by molar-refractivity contribution is 0.755. The summed E-state index contributed by atoms with van der Waals surface area (Å²) in [6.07, 6.45) is 4.04. The first-order valence-electron chi connectivity index (χ1n) is 5.35. The van der Waals surface area contributed by atoms with Gasteiger partial charge >= 0.3 is 0 Å². The van der Waals surface area contributed by atoms with E-state index in [0.29, 0.717) is 17.3 Å². The number of nitrogens with two attached hydrogens (primary N) is 1. The Bertz CT molecular complexity index is 543. The summed E-state index contributed by atoms with van der Waals surface area (Å²) >= 11 is 4.39. The topological polar surface area (TPSA) is 69.6 Å². The van der Waals surface area contributed by atoms with Crippen molar-refractivity contribution in [2.45, 2.75) is 31.1 Å². The molecule has 2 aromatic rings. The van der Waals surface area contributed by atoms with E-state index in [4.69, 9.17) is 5.73 Å². The zero-order valence-electron chi connectivity index (χ0n) is 8.96. The van der Waals surface area contributed by atoms with Crippen molar-refractivity contribution in [3.8, 4) is 0 Å². The zero-order chi connectivity index (χ0) is 11.3. The van der Waals surface area contributed by atoms with Gasteiger partial charge in [-0.2, -0.15) is 12.6 Å². The van der Waals surface area contributed by atoms with Crippen LogP contribution < -0.4 is 5.73 Å². The Kier molecular flexibility index (Phi) is 2.07. The van der Waals surface area contributed by atoms with E-state index in [1.54, 1.807) is 6.33 Å². The molecule has 84 valence electrons. The van der Waals surface area contributed by atoms with Crippen molar-refractivity contribution in [1.29, 1.82) is 0 Å².